The van der Waals surface area contributed by atoms with Crippen molar-refractivity contribution in [1.29, 1.82) is 0 Å². The van der Waals surface area contributed by atoms with Gasteiger partial charge in [0.25, 0.3) is 0 Å². The van der Waals surface area contributed by atoms with Gasteiger partial charge in [-0.3, -0.25) is 14.6 Å². The third kappa shape index (κ3) is 7.22. The largest absolute Gasteiger partial charge is 0.395 e. The Hall–Kier alpha value is -3.60. The lowest BCUT2D eigenvalue weighted by atomic mass is 10.0. The van der Waals surface area contributed by atoms with Gasteiger partial charge in [0.1, 0.15) is 0 Å². The normalized spacial score (nSPS) is 18.2. The van der Waals surface area contributed by atoms with Gasteiger partial charge in [-0.1, -0.05) is 24.8 Å². The molecule has 1 atom stereocenters. The molecule has 9 nitrogen and oxygen atoms in total. The molecule has 3 N–H and O–H groups in total. The van der Waals surface area contributed by atoms with Crippen LogP contribution in [0.5, 0.6) is 0 Å². The molecule has 4 rings (SSSR count). The van der Waals surface area contributed by atoms with Crippen molar-refractivity contribution in [3.63, 3.8) is 0 Å². The Bertz CT molecular complexity index is 1140. The SMILES string of the molecule is C=CC(=O)N(C)Cc1ccc(Nc2nc(NC3=CC(N4CCN(CCO)CC4)CC=C3)ncc2F)cc1. The molecule has 1 aliphatic carbocycles. The van der Waals surface area contributed by atoms with Crippen LogP contribution in [0, 0.1) is 5.82 Å². The minimum Gasteiger partial charge on any atom is -0.395 e. The number of anilines is 3. The number of aliphatic hydroxyl groups excluding tert-OH is 1. The molecule has 1 unspecified atom stereocenters. The van der Waals surface area contributed by atoms with Gasteiger partial charge >= 0.3 is 0 Å². The summed E-state index contributed by atoms with van der Waals surface area (Å²) in [5.74, 6) is -0.339. The van der Waals surface area contributed by atoms with E-state index < -0.39 is 5.82 Å². The first-order chi connectivity index (χ1) is 17.9. The van der Waals surface area contributed by atoms with E-state index in [9.17, 15) is 9.18 Å². The van der Waals surface area contributed by atoms with E-state index in [0.717, 1.165) is 56.6 Å². The van der Waals surface area contributed by atoms with Crippen LogP contribution in [-0.4, -0.2) is 88.1 Å². The highest BCUT2D eigenvalue weighted by Crippen LogP contribution is 2.22. The Kier molecular flexibility index (Phi) is 8.99. The maximum absolute atomic E-state index is 14.5. The van der Waals surface area contributed by atoms with Crippen molar-refractivity contribution in [2.75, 3.05) is 57.0 Å². The van der Waals surface area contributed by atoms with Gasteiger partial charge in [0, 0.05) is 63.7 Å². The number of nitrogens with one attached hydrogen (secondary N) is 2. The number of allylic oxidation sites excluding steroid dienone is 1. The summed E-state index contributed by atoms with van der Waals surface area (Å²) in [6.07, 6.45) is 9.62. The summed E-state index contributed by atoms with van der Waals surface area (Å²) in [6, 6.07) is 7.63. The van der Waals surface area contributed by atoms with E-state index in [1.165, 1.54) is 6.08 Å². The number of benzene rings is 1. The number of halogens is 1. The molecule has 1 aromatic carbocycles. The van der Waals surface area contributed by atoms with Crippen LogP contribution in [-0.2, 0) is 11.3 Å². The number of likely N-dealkylation sites (N-methyl/N-ethyl adjacent to an activating group) is 1. The summed E-state index contributed by atoms with van der Waals surface area (Å²) >= 11 is 0. The number of hydrogen-bond donors (Lipinski definition) is 3. The average Bonchev–Trinajstić information content (AvgIpc) is 2.92. The van der Waals surface area contributed by atoms with E-state index in [-0.39, 0.29) is 24.4 Å². The predicted molar refractivity (Wildman–Crippen MR) is 143 cm³/mol. The lowest BCUT2D eigenvalue weighted by molar-refractivity contribution is -0.125. The highest BCUT2D eigenvalue weighted by atomic mass is 19.1. The van der Waals surface area contributed by atoms with E-state index in [1.807, 2.05) is 30.3 Å². The molecule has 1 aliphatic heterocycles. The molecule has 10 heteroatoms. The molecule has 2 heterocycles. The molecule has 196 valence electrons. The van der Waals surface area contributed by atoms with Gasteiger partial charge in [-0.25, -0.2) is 9.37 Å². The number of β-amino-alcohol motifs (C(OH)–C–C–N with tert-alkyl or cyclic N) is 1. The summed E-state index contributed by atoms with van der Waals surface area (Å²) in [6.45, 7) is 8.64. The van der Waals surface area contributed by atoms with Crippen LogP contribution in [0.15, 0.2) is 67.0 Å². The lowest BCUT2D eigenvalue weighted by Crippen LogP contribution is -2.50. The Morgan fingerprint density at radius 3 is 2.70 bits per heavy atom. The molecule has 37 heavy (non-hydrogen) atoms. The van der Waals surface area contributed by atoms with E-state index >= 15 is 0 Å². The average molecular weight is 508 g/mol. The molecule has 2 aromatic rings. The molecule has 0 bridgehead atoms. The van der Waals surface area contributed by atoms with Crippen molar-refractivity contribution in [2.24, 2.45) is 0 Å². The molecule has 0 radical (unpaired) electrons. The van der Waals surface area contributed by atoms with Gasteiger partial charge in [-0.05, 0) is 42.3 Å². The minimum atomic E-state index is -0.558. The van der Waals surface area contributed by atoms with Crippen LogP contribution in [0.25, 0.3) is 0 Å². The number of aliphatic hydroxyl groups is 1. The zero-order valence-electron chi connectivity index (χ0n) is 21.1. The monoisotopic (exact) mass is 507 g/mol. The molecule has 1 amide bonds. The van der Waals surface area contributed by atoms with Crippen LogP contribution in [0.2, 0.25) is 0 Å². The van der Waals surface area contributed by atoms with Crippen molar-refractivity contribution >= 4 is 23.4 Å². The minimum absolute atomic E-state index is 0.0705. The van der Waals surface area contributed by atoms with E-state index in [1.54, 1.807) is 11.9 Å². The predicted octanol–water partition coefficient (Wildman–Crippen LogP) is 2.74. The molecular formula is C27H34FN7O2. The van der Waals surface area contributed by atoms with Crippen LogP contribution in [0.4, 0.5) is 21.8 Å². The van der Waals surface area contributed by atoms with Gasteiger partial charge in [0.15, 0.2) is 11.6 Å². The van der Waals surface area contributed by atoms with Crippen LogP contribution >= 0.6 is 0 Å². The highest BCUT2D eigenvalue weighted by Gasteiger charge is 2.23. The second-order valence-electron chi connectivity index (χ2n) is 9.16. The van der Waals surface area contributed by atoms with Gasteiger partial charge in [0.05, 0.1) is 12.8 Å². The Morgan fingerprint density at radius 1 is 1.24 bits per heavy atom. The van der Waals surface area contributed by atoms with Crippen molar-refractivity contribution in [3.05, 3.63) is 78.4 Å². The molecule has 0 saturated carbocycles. The van der Waals surface area contributed by atoms with Crippen LogP contribution in [0.1, 0.15) is 12.0 Å². The fourth-order valence-corrected chi connectivity index (χ4v) is 4.45. The fraction of sp³-hybridized carbons (Fsp3) is 0.370. The molecule has 1 fully saturated rings. The zero-order valence-corrected chi connectivity index (χ0v) is 21.1. The van der Waals surface area contributed by atoms with Gasteiger partial charge in [-0.2, -0.15) is 4.98 Å². The molecule has 2 aliphatic rings. The zero-order chi connectivity index (χ0) is 26.2. The molecular weight excluding hydrogens is 473 g/mol. The summed E-state index contributed by atoms with van der Waals surface area (Å²) in [7, 11) is 1.71. The van der Waals surface area contributed by atoms with E-state index in [4.69, 9.17) is 5.11 Å². The van der Waals surface area contributed by atoms with E-state index in [0.29, 0.717) is 18.2 Å². The summed E-state index contributed by atoms with van der Waals surface area (Å²) < 4.78 is 14.5. The Labute approximate surface area is 217 Å². The first kappa shape index (κ1) is 26.5. The number of nitrogens with zero attached hydrogens (tertiary/aromatic N) is 5. The number of carbonyl (C=O) groups excluding carboxylic acids is 1. The molecule has 1 aromatic heterocycles. The maximum atomic E-state index is 14.5. The Balaban J connectivity index is 1.37. The second-order valence-corrected chi connectivity index (χ2v) is 9.16. The van der Waals surface area contributed by atoms with Crippen molar-refractivity contribution in [2.45, 2.75) is 19.0 Å². The van der Waals surface area contributed by atoms with Crippen molar-refractivity contribution in [3.8, 4) is 0 Å². The fourth-order valence-electron chi connectivity index (χ4n) is 4.45. The van der Waals surface area contributed by atoms with Gasteiger partial charge in [0.2, 0.25) is 11.9 Å². The second kappa shape index (κ2) is 12.6. The van der Waals surface area contributed by atoms with Crippen molar-refractivity contribution < 1.29 is 14.3 Å². The van der Waals surface area contributed by atoms with Crippen LogP contribution in [0.3, 0.4) is 0 Å². The lowest BCUT2D eigenvalue weighted by Gasteiger charge is -2.38. The van der Waals surface area contributed by atoms with Gasteiger partial charge in [-0.15, -0.1) is 0 Å². The number of rotatable bonds is 10. The topological polar surface area (TPSA) is 96.9 Å². The highest BCUT2D eigenvalue weighted by molar-refractivity contribution is 5.86. The van der Waals surface area contributed by atoms with Crippen molar-refractivity contribution in [1.82, 2.24) is 24.7 Å². The van der Waals surface area contributed by atoms with Gasteiger partial charge < -0.3 is 20.6 Å². The third-order valence-electron chi connectivity index (χ3n) is 6.53. The standard InChI is InChI=1S/C27H34FN7O2/c1-3-25(37)33(2)19-20-7-9-21(10-8-20)30-26-24(28)18-29-27(32-26)31-22-5-4-6-23(17-22)35-13-11-34(12-14-35)15-16-36/h3-5,7-10,17-18,23,36H,1,6,11-16,19H2,2H3,(H2,29,30,31,32). The molecule has 1 saturated heterocycles. The van der Waals surface area contributed by atoms with E-state index in [2.05, 4.69) is 49.1 Å². The summed E-state index contributed by atoms with van der Waals surface area (Å²) in [5, 5.41) is 15.4. The molecule has 0 spiro atoms. The smallest absolute Gasteiger partial charge is 0.245 e. The first-order valence-corrected chi connectivity index (χ1v) is 12.4. The number of carbonyl (C=O) groups is 1. The third-order valence-corrected chi connectivity index (χ3v) is 6.53. The number of hydrogen-bond acceptors (Lipinski definition) is 8. The summed E-state index contributed by atoms with van der Waals surface area (Å²) in [5.41, 5.74) is 2.48. The maximum Gasteiger partial charge on any atom is 0.245 e. The van der Waals surface area contributed by atoms with Crippen LogP contribution < -0.4 is 10.6 Å². The number of piperazine rings is 1. The number of amides is 1. The Morgan fingerprint density at radius 2 is 2.00 bits per heavy atom. The first-order valence-electron chi connectivity index (χ1n) is 12.4. The summed E-state index contributed by atoms with van der Waals surface area (Å²) in [4.78, 5) is 26.4. The quantitative estimate of drug-likeness (QED) is 0.423. The number of aromatic nitrogens is 2.